The number of hydrogen-bond acceptors (Lipinski definition) is 3. The highest BCUT2D eigenvalue weighted by Gasteiger charge is 2.16. The van der Waals surface area contributed by atoms with Crippen molar-refractivity contribution in [2.45, 2.75) is 6.42 Å². The summed E-state index contributed by atoms with van der Waals surface area (Å²) < 4.78 is 0.969. The van der Waals surface area contributed by atoms with Gasteiger partial charge < -0.3 is 10.6 Å². The van der Waals surface area contributed by atoms with Crippen LogP contribution in [0.3, 0.4) is 0 Å². The highest BCUT2D eigenvalue weighted by molar-refractivity contribution is 9.11. The number of amides is 1. The van der Waals surface area contributed by atoms with Gasteiger partial charge in [-0.05, 0) is 34.0 Å². The Bertz CT molecular complexity index is 556. The van der Waals surface area contributed by atoms with E-state index in [-0.39, 0.29) is 5.91 Å². The fourth-order valence-corrected chi connectivity index (χ4v) is 3.11. The first kappa shape index (κ1) is 15.2. The van der Waals surface area contributed by atoms with Gasteiger partial charge in [0.15, 0.2) is 0 Å². The van der Waals surface area contributed by atoms with Crippen LogP contribution in [0.15, 0.2) is 45.6 Å². The van der Waals surface area contributed by atoms with Crippen molar-refractivity contribution >= 4 is 33.2 Å². The first-order chi connectivity index (χ1) is 9.70. The number of halogens is 1. The summed E-state index contributed by atoms with van der Waals surface area (Å²) in [6.45, 7) is 1.75. The third-order valence-corrected chi connectivity index (χ3v) is 4.52. The second-order valence-electron chi connectivity index (χ2n) is 4.46. The zero-order valence-electron chi connectivity index (χ0n) is 11.1. The monoisotopic (exact) mass is 352 g/mol. The number of carbonyl (C=O) groups is 1. The van der Waals surface area contributed by atoms with E-state index in [1.165, 1.54) is 16.9 Å². The van der Waals surface area contributed by atoms with E-state index in [0.29, 0.717) is 19.6 Å². The van der Waals surface area contributed by atoms with Crippen LogP contribution in [0, 0.1) is 0 Å². The van der Waals surface area contributed by atoms with Crippen molar-refractivity contribution in [1.29, 1.82) is 0 Å². The number of benzene rings is 1. The van der Waals surface area contributed by atoms with E-state index in [0.717, 1.165) is 15.8 Å². The Morgan fingerprint density at radius 1 is 1.25 bits per heavy atom. The Kier molecular flexibility index (Phi) is 5.76. The van der Waals surface area contributed by atoms with Crippen LogP contribution in [0.1, 0.15) is 15.9 Å². The molecule has 0 radical (unpaired) electrons. The van der Waals surface area contributed by atoms with E-state index in [2.05, 4.69) is 28.1 Å². The molecule has 0 spiro atoms. The number of nitrogens with zero attached hydrogens (tertiary/aromatic N) is 1. The van der Waals surface area contributed by atoms with Crippen molar-refractivity contribution in [2.24, 2.45) is 5.73 Å². The summed E-state index contributed by atoms with van der Waals surface area (Å²) in [6.07, 6.45) is 0.845. The smallest absolute Gasteiger partial charge is 0.254 e. The molecule has 2 rings (SSSR count). The molecule has 0 atom stereocenters. The van der Waals surface area contributed by atoms with Crippen LogP contribution in [-0.2, 0) is 6.42 Å². The van der Waals surface area contributed by atoms with Crippen LogP contribution in [0.2, 0.25) is 0 Å². The molecule has 2 N–H and O–H groups in total. The Hall–Kier alpha value is -1.17. The van der Waals surface area contributed by atoms with Gasteiger partial charge in [-0.25, -0.2) is 0 Å². The van der Waals surface area contributed by atoms with Gasteiger partial charge >= 0.3 is 0 Å². The van der Waals surface area contributed by atoms with E-state index in [1.54, 1.807) is 0 Å². The molecule has 106 valence electrons. The fourth-order valence-electron chi connectivity index (χ4n) is 1.98. The van der Waals surface area contributed by atoms with E-state index in [9.17, 15) is 4.79 Å². The van der Waals surface area contributed by atoms with E-state index >= 15 is 0 Å². The molecule has 1 aromatic carbocycles. The summed E-state index contributed by atoms with van der Waals surface area (Å²) in [4.78, 5) is 14.2. The van der Waals surface area contributed by atoms with Crippen LogP contribution < -0.4 is 5.73 Å². The summed E-state index contributed by atoms with van der Waals surface area (Å²) in [7, 11) is 0. The predicted octanol–water partition coefficient (Wildman–Crippen LogP) is 3.15. The highest BCUT2D eigenvalue weighted by Crippen LogP contribution is 2.21. The average molecular weight is 353 g/mol. The zero-order chi connectivity index (χ0) is 14.4. The van der Waals surface area contributed by atoms with Crippen molar-refractivity contribution in [3.05, 3.63) is 56.7 Å². The first-order valence-corrected chi connectivity index (χ1v) is 8.15. The summed E-state index contributed by atoms with van der Waals surface area (Å²) >= 11 is 4.91. The maximum Gasteiger partial charge on any atom is 0.254 e. The minimum Gasteiger partial charge on any atom is -0.337 e. The van der Waals surface area contributed by atoms with Crippen LogP contribution >= 0.6 is 27.3 Å². The number of hydrogen-bond donors (Lipinski definition) is 1. The van der Waals surface area contributed by atoms with Gasteiger partial charge in [0.2, 0.25) is 0 Å². The molecule has 5 heteroatoms. The average Bonchev–Trinajstić information content (AvgIpc) is 2.90. The lowest BCUT2D eigenvalue weighted by molar-refractivity contribution is 0.0762. The molecule has 1 aromatic heterocycles. The zero-order valence-corrected chi connectivity index (χ0v) is 13.5. The molecular formula is C15H17BrN2OS. The Morgan fingerprint density at radius 3 is 2.60 bits per heavy atom. The molecule has 0 saturated heterocycles. The molecule has 20 heavy (non-hydrogen) atoms. The molecule has 0 aliphatic heterocycles. The Morgan fingerprint density at radius 2 is 2.00 bits per heavy atom. The van der Waals surface area contributed by atoms with Crippen LogP contribution in [0.5, 0.6) is 0 Å². The maximum atomic E-state index is 12.4. The predicted molar refractivity (Wildman–Crippen MR) is 87.1 cm³/mol. The molecule has 2 aromatic rings. The summed E-state index contributed by atoms with van der Waals surface area (Å²) in [6, 6.07) is 12.0. The highest BCUT2D eigenvalue weighted by atomic mass is 79.9. The molecule has 3 nitrogen and oxygen atoms in total. The molecule has 0 fully saturated rings. The lowest BCUT2D eigenvalue weighted by atomic mass is 10.1. The van der Waals surface area contributed by atoms with Crippen molar-refractivity contribution in [3.8, 4) is 0 Å². The molecule has 0 aliphatic carbocycles. The van der Waals surface area contributed by atoms with Gasteiger partial charge in [0.1, 0.15) is 0 Å². The van der Waals surface area contributed by atoms with E-state index in [1.807, 2.05) is 34.5 Å². The molecule has 1 amide bonds. The van der Waals surface area contributed by atoms with Gasteiger partial charge in [-0.3, -0.25) is 4.79 Å². The van der Waals surface area contributed by atoms with Crippen LogP contribution in [0.4, 0.5) is 0 Å². The quantitative estimate of drug-likeness (QED) is 0.867. The van der Waals surface area contributed by atoms with Crippen molar-refractivity contribution in [3.63, 3.8) is 0 Å². The molecule has 0 unspecified atom stereocenters. The van der Waals surface area contributed by atoms with Gasteiger partial charge in [-0.15, -0.1) is 11.3 Å². The third kappa shape index (κ3) is 4.16. The lowest BCUT2D eigenvalue weighted by Gasteiger charge is -2.21. The summed E-state index contributed by atoms with van der Waals surface area (Å²) in [5, 5.41) is 1.87. The standard InChI is InChI=1S/C15H17BrN2OS/c16-14-10-13(11-20-14)15(19)18(9-7-17)8-6-12-4-2-1-3-5-12/h1-5,10-11H,6-9,17H2. The van der Waals surface area contributed by atoms with Gasteiger partial charge in [0.25, 0.3) is 5.91 Å². The van der Waals surface area contributed by atoms with Crippen molar-refractivity contribution in [2.75, 3.05) is 19.6 Å². The van der Waals surface area contributed by atoms with Gasteiger partial charge in [-0.1, -0.05) is 30.3 Å². The Labute approximate surface area is 131 Å². The van der Waals surface area contributed by atoms with Gasteiger partial charge in [0, 0.05) is 25.0 Å². The topological polar surface area (TPSA) is 46.3 Å². The fraction of sp³-hybridized carbons (Fsp3) is 0.267. The second-order valence-corrected chi connectivity index (χ2v) is 6.75. The number of thiophene rings is 1. The number of nitrogens with two attached hydrogens (primary N) is 1. The largest absolute Gasteiger partial charge is 0.337 e. The van der Waals surface area contributed by atoms with E-state index in [4.69, 9.17) is 5.73 Å². The van der Waals surface area contributed by atoms with Crippen molar-refractivity contribution < 1.29 is 4.79 Å². The van der Waals surface area contributed by atoms with E-state index < -0.39 is 0 Å². The number of rotatable bonds is 6. The van der Waals surface area contributed by atoms with Crippen molar-refractivity contribution in [1.82, 2.24) is 4.90 Å². The third-order valence-electron chi connectivity index (χ3n) is 3.01. The minimum absolute atomic E-state index is 0.0494. The normalized spacial score (nSPS) is 10.5. The summed E-state index contributed by atoms with van der Waals surface area (Å²) in [5.74, 6) is 0.0494. The van der Waals surface area contributed by atoms with Gasteiger partial charge in [-0.2, -0.15) is 0 Å². The molecule has 0 saturated carbocycles. The molecule has 1 heterocycles. The molecule has 0 bridgehead atoms. The lowest BCUT2D eigenvalue weighted by Crippen LogP contribution is -2.36. The molecular weight excluding hydrogens is 336 g/mol. The SMILES string of the molecule is NCCN(CCc1ccccc1)C(=O)c1csc(Br)c1. The number of carbonyl (C=O) groups excluding carboxylic acids is 1. The maximum absolute atomic E-state index is 12.4. The Balaban J connectivity index is 2.01. The minimum atomic E-state index is 0.0494. The molecule has 0 aliphatic rings. The first-order valence-electron chi connectivity index (χ1n) is 6.48. The van der Waals surface area contributed by atoms with Gasteiger partial charge in [0.05, 0.1) is 9.35 Å². The summed E-state index contributed by atoms with van der Waals surface area (Å²) in [5.41, 5.74) is 7.57. The van der Waals surface area contributed by atoms with Crippen LogP contribution in [0.25, 0.3) is 0 Å². The second kappa shape index (κ2) is 7.57. The van der Waals surface area contributed by atoms with Crippen LogP contribution in [-0.4, -0.2) is 30.4 Å².